The zero-order valence-corrected chi connectivity index (χ0v) is 15.3. The van der Waals surface area contributed by atoms with Gasteiger partial charge in [0.2, 0.25) is 0 Å². The van der Waals surface area contributed by atoms with Crippen LogP contribution in [0, 0.1) is 0 Å². The van der Waals surface area contributed by atoms with E-state index < -0.39 is 17.1 Å². The van der Waals surface area contributed by atoms with Crippen molar-refractivity contribution >= 4 is 22.8 Å². The van der Waals surface area contributed by atoms with Crippen molar-refractivity contribution in [1.82, 2.24) is 25.2 Å². The molecule has 1 aliphatic rings. The van der Waals surface area contributed by atoms with E-state index >= 15 is 0 Å². The Kier molecular flexibility index (Phi) is 4.38. The quantitative estimate of drug-likeness (QED) is 0.683. The van der Waals surface area contributed by atoms with Gasteiger partial charge in [-0.3, -0.25) is 9.59 Å². The predicted octanol–water partition coefficient (Wildman–Crippen LogP) is 1.69. The Hall–Kier alpha value is -3.55. The van der Waals surface area contributed by atoms with Gasteiger partial charge in [0.05, 0.1) is 5.39 Å². The summed E-state index contributed by atoms with van der Waals surface area (Å²) in [6.07, 6.45) is 1.10. The monoisotopic (exact) mass is 377 g/mol. The van der Waals surface area contributed by atoms with Gasteiger partial charge in [-0.15, -0.1) is 5.10 Å². The molecule has 0 unspecified atom stereocenters. The number of nitrogens with zero attached hydrogens (tertiary/aromatic N) is 4. The van der Waals surface area contributed by atoms with Gasteiger partial charge < -0.3 is 5.32 Å². The van der Waals surface area contributed by atoms with Crippen LogP contribution < -0.4 is 10.9 Å². The summed E-state index contributed by atoms with van der Waals surface area (Å²) in [5.74, 6) is -0.379. The van der Waals surface area contributed by atoms with Crippen LogP contribution in [-0.2, 0) is 17.9 Å². The highest BCUT2D eigenvalue weighted by Crippen LogP contribution is 2.23. The number of nitrogens with one attached hydrogen (secondary N) is 1. The topological polar surface area (TPSA) is 97.2 Å². The standard InChI is InChI=1S/C20H19N5O3/c1-20(12-11-14-7-3-2-4-8-14)18(27)24(19(28)21-20)13-25-17(26)15-9-5-6-10-16(15)22-23-25/h2-10H,11-13H2,1H3,(H,21,28)/t20-/m0/s1. The molecule has 8 heteroatoms. The molecule has 1 fully saturated rings. The highest BCUT2D eigenvalue weighted by molar-refractivity contribution is 6.06. The van der Waals surface area contributed by atoms with E-state index in [1.54, 1.807) is 31.2 Å². The van der Waals surface area contributed by atoms with Crippen LogP contribution in [0.25, 0.3) is 10.9 Å². The molecule has 1 aromatic heterocycles. The summed E-state index contributed by atoms with van der Waals surface area (Å²) >= 11 is 0. The number of carbonyl (C=O) groups excluding carboxylic acids is 2. The number of carbonyl (C=O) groups is 2. The molecule has 8 nitrogen and oxygen atoms in total. The van der Waals surface area contributed by atoms with Gasteiger partial charge in [-0.2, -0.15) is 4.68 Å². The molecule has 0 saturated carbocycles. The van der Waals surface area contributed by atoms with Crippen LogP contribution in [0.1, 0.15) is 18.9 Å². The summed E-state index contributed by atoms with van der Waals surface area (Å²) in [5.41, 5.74) is 0.124. The van der Waals surface area contributed by atoms with E-state index in [0.717, 1.165) is 15.1 Å². The van der Waals surface area contributed by atoms with Gasteiger partial charge in [0, 0.05) is 0 Å². The van der Waals surface area contributed by atoms with E-state index in [2.05, 4.69) is 15.6 Å². The summed E-state index contributed by atoms with van der Waals surface area (Å²) in [6.45, 7) is 1.42. The summed E-state index contributed by atoms with van der Waals surface area (Å²) in [5, 5.41) is 11.0. The number of aromatic nitrogens is 3. The maximum Gasteiger partial charge on any atom is 0.326 e. The first-order valence-electron chi connectivity index (χ1n) is 8.98. The fourth-order valence-electron chi connectivity index (χ4n) is 3.33. The van der Waals surface area contributed by atoms with Crippen LogP contribution in [0.5, 0.6) is 0 Å². The number of urea groups is 1. The minimum atomic E-state index is -1.03. The van der Waals surface area contributed by atoms with Gasteiger partial charge in [-0.25, -0.2) is 9.69 Å². The van der Waals surface area contributed by atoms with E-state index in [9.17, 15) is 14.4 Å². The third-order valence-corrected chi connectivity index (χ3v) is 5.01. The average Bonchev–Trinajstić information content (AvgIpc) is 2.93. The second kappa shape index (κ2) is 6.88. The van der Waals surface area contributed by atoms with Crippen LogP contribution >= 0.6 is 0 Å². The highest BCUT2D eigenvalue weighted by Gasteiger charge is 2.47. The Balaban J connectivity index is 1.54. The lowest BCUT2D eigenvalue weighted by Crippen LogP contribution is -2.44. The first-order chi connectivity index (χ1) is 13.5. The largest absolute Gasteiger partial charge is 0.326 e. The van der Waals surface area contributed by atoms with Gasteiger partial charge in [-0.1, -0.05) is 47.7 Å². The molecular formula is C20H19N5O3. The van der Waals surface area contributed by atoms with Crippen molar-refractivity contribution in [3.05, 3.63) is 70.5 Å². The first kappa shape index (κ1) is 17.8. The van der Waals surface area contributed by atoms with Crippen LogP contribution in [0.15, 0.2) is 59.4 Å². The molecule has 1 atom stereocenters. The number of amides is 3. The Bertz CT molecular complexity index is 1110. The van der Waals surface area contributed by atoms with Crippen LogP contribution in [0.4, 0.5) is 4.79 Å². The Morgan fingerprint density at radius 3 is 2.50 bits per heavy atom. The van der Waals surface area contributed by atoms with Gasteiger partial charge >= 0.3 is 6.03 Å². The molecule has 28 heavy (non-hydrogen) atoms. The van der Waals surface area contributed by atoms with Crippen molar-refractivity contribution < 1.29 is 9.59 Å². The molecule has 1 saturated heterocycles. The molecule has 0 bridgehead atoms. The highest BCUT2D eigenvalue weighted by atomic mass is 16.2. The molecule has 3 aromatic rings. The number of aryl methyl sites for hydroxylation is 1. The fourth-order valence-corrected chi connectivity index (χ4v) is 3.33. The van der Waals surface area contributed by atoms with Crippen LogP contribution in [0.3, 0.4) is 0 Å². The molecule has 0 radical (unpaired) electrons. The van der Waals surface area contributed by atoms with E-state index in [4.69, 9.17) is 0 Å². The van der Waals surface area contributed by atoms with Gasteiger partial charge in [-0.05, 0) is 37.5 Å². The Morgan fingerprint density at radius 1 is 1.00 bits per heavy atom. The maximum atomic E-state index is 12.9. The summed E-state index contributed by atoms with van der Waals surface area (Å²) < 4.78 is 1.03. The molecule has 2 aromatic carbocycles. The number of rotatable bonds is 5. The van der Waals surface area contributed by atoms with E-state index in [1.807, 2.05) is 30.3 Å². The second-order valence-corrected chi connectivity index (χ2v) is 7.03. The van der Waals surface area contributed by atoms with E-state index in [-0.39, 0.29) is 12.6 Å². The van der Waals surface area contributed by atoms with Crippen molar-refractivity contribution in [1.29, 1.82) is 0 Å². The third kappa shape index (κ3) is 3.13. The lowest BCUT2D eigenvalue weighted by atomic mass is 9.93. The lowest BCUT2D eigenvalue weighted by Gasteiger charge is -2.21. The minimum Gasteiger partial charge on any atom is -0.323 e. The first-order valence-corrected chi connectivity index (χ1v) is 8.98. The lowest BCUT2D eigenvalue weighted by molar-refractivity contribution is -0.132. The number of imide groups is 1. The Morgan fingerprint density at radius 2 is 1.71 bits per heavy atom. The smallest absolute Gasteiger partial charge is 0.323 e. The SMILES string of the molecule is C[C@@]1(CCc2ccccc2)NC(=O)N(Cn2nnc3ccccc3c2=O)C1=O. The third-order valence-electron chi connectivity index (χ3n) is 5.01. The van der Waals surface area contributed by atoms with Gasteiger partial charge in [0.1, 0.15) is 17.7 Å². The van der Waals surface area contributed by atoms with Crippen molar-refractivity contribution in [3.8, 4) is 0 Å². The van der Waals surface area contributed by atoms with Crippen molar-refractivity contribution in [2.24, 2.45) is 0 Å². The number of hydrogen-bond donors (Lipinski definition) is 1. The molecule has 142 valence electrons. The molecule has 1 N–H and O–H groups in total. The molecule has 0 aliphatic carbocycles. The van der Waals surface area contributed by atoms with Crippen LogP contribution in [-0.4, -0.2) is 37.4 Å². The summed E-state index contributed by atoms with van der Waals surface area (Å²) in [7, 11) is 0. The van der Waals surface area contributed by atoms with Crippen molar-refractivity contribution in [3.63, 3.8) is 0 Å². The number of hydrogen-bond acceptors (Lipinski definition) is 5. The normalized spacial score (nSPS) is 19.2. The average molecular weight is 377 g/mol. The van der Waals surface area contributed by atoms with E-state index in [0.29, 0.717) is 23.7 Å². The number of benzene rings is 2. The molecule has 3 amide bonds. The zero-order valence-electron chi connectivity index (χ0n) is 15.3. The maximum absolute atomic E-state index is 12.9. The molecule has 0 spiro atoms. The predicted molar refractivity (Wildman–Crippen MR) is 102 cm³/mol. The Labute approximate surface area is 160 Å². The summed E-state index contributed by atoms with van der Waals surface area (Å²) in [6, 6.07) is 16.0. The second-order valence-electron chi connectivity index (χ2n) is 7.03. The van der Waals surface area contributed by atoms with Gasteiger partial charge in [0.15, 0.2) is 0 Å². The molecule has 2 heterocycles. The molecule has 4 rings (SSSR count). The minimum absolute atomic E-state index is 0.276. The van der Waals surface area contributed by atoms with Crippen molar-refractivity contribution in [2.45, 2.75) is 32.0 Å². The number of fused-ring (bicyclic) bond motifs is 1. The fraction of sp³-hybridized carbons (Fsp3) is 0.250. The van der Waals surface area contributed by atoms with Gasteiger partial charge in [0.25, 0.3) is 11.5 Å². The molecule has 1 aliphatic heterocycles. The van der Waals surface area contributed by atoms with E-state index in [1.165, 1.54) is 0 Å². The molecular weight excluding hydrogens is 358 g/mol. The summed E-state index contributed by atoms with van der Waals surface area (Å²) in [4.78, 5) is 38.9. The van der Waals surface area contributed by atoms with Crippen LogP contribution in [0.2, 0.25) is 0 Å². The zero-order chi connectivity index (χ0) is 19.7. The van der Waals surface area contributed by atoms with Crippen molar-refractivity contribution in [2.75, 3.05) is 0 Å².